The first-order valence-corrected chi connectivity index (χ1v) is 13.6. The predicted molar refractivity (Wildman–Crippen MR) is 142 cm³/mol. The highest BCUT2D eigenvalue weighted by Gasteiger charge is 2.29. The standard InChI is InChI=1S/C28H31N3O4S/c1-2-27(32)29-20-21-16-18-31(19-17-21)36(34,35)25-13-11-24(12-14-25)30-28(33)15-10-23-8-5-7-22-6-3-4-9-26(22)23/h2-9,11-14,21H,1,10,15-20H2,(H,29,32)(H,30,33). The van der Waals surface area contributed by atoms with Crippen LogP contribution in [0.4, 0.5) is 5.69 Å². The second-order valence-corrected chi connectivity index (χ2v) is 10.9. The molecular weight excluding hydrogens is 474 g/mol. The van der Waals surface area contributed by atoms with Crippen molar-refractivity contribution in [2.75, 3.05) is 25.0 Å². The van der Waals surface area contributed by atoms with Crippen LogP contribution < -0.4 is 10.6 Å². The molecule has 0 spiro atoms. The Morgan fingerprint density at radius 2 is 1.67 bits per heavy atom. The number of carbonyl (C=O) groups is 2. The summed E-state index contributed by atoms with van der Waals surface area (Å²) in [7, 11) is -3.62. The molecular formula is C28H31N3O4S. The number of hydrogen-bond acceptors (Lipinski definition) is 4. The maximum atomic E-state index is 13.1. The van der Waals surface area contributed by atoms with Gasteiger partial charge in [0.25, 0.3) is 0 Å². The first-order chi connectivity index (χ1) is 17.4. The molecule has 8 heteroatoms. The van der Waals surface area contributed by atoms with E-state index >= 15 is 0 Å². The summed E-state index contributed by atoms with van der Waals surface area (Å²) < 4.78 is 27.6. The summed E-state index contributed by atoms with van der Waals surface area (Å²) in [6.07, 6.45) is 3.54. The molecule has 2 amide bonds. The van der Waals surface area contributed by atoms with E-state index in [0.29, 0.717) is 51.0 Å². The molecule has 0 radical (unpaired) electrons. The smallest absolute Gasteiger partial charge is 0.243 e. The maximum Gasteiger partial charge on any atom is 0.243 e. The lowest BCUT2D eigenvalue weighted by molar-refractivity contribution is -0.117. The van der Waals surface area contributed by atoms with Crippen LogP contribution >= 0.6 is 0 Å². The van der Waals surface area contributed by atoms with Crippen molar-refractivity contribution in [2.24, 2.45) is 5.92 Å². The number of benzene rings is 3. The lowest BCUT2D eigenvalue weighted by Crippen LogP contribution is -2.41. The third-order valence-corrected chi connectivity index (χ3v) is 8.51. The van der Waals surface area contributed by atoms with Crippen LogP contribution in [0.5, 0.6) is 0 Å². The number of anilines is 1. The molecule has 2 N–H and O–H groups in total. The number of aryl methyl sites for hydroxylation is 1. The van der Waals surface area contributed by atoms with Crippen molar-refractivity contribution in [3.63, 3.8) is 0 Å². The number of sulfonamides is 1. The van der Waals surface area contributed by atoms with E-state index in [4.69, 9.17) is 0 Å². The van der Waals surface area contributed by atoms with Gasteiger partial charge in [-0.05, 0) is 71.9 Å². The quantitative estimate of drug-likeness (QED) is 0.428. The van der Waals surface area contributed by atoms with Crippen molar-refractivity contribution in [1.29, 1.82) is 0 Å². The fourth-order valence-corrected chi connectivity index (χ4v) is 5.98. The molecule has 1 saturated heterocycles. The Bertz CT molecular complexity index is 1340. The number of rotatable bonds is 9. The number of fused-ring (bicyclic) bond motifs is 1. The third kappa shape index (κ3) is 6.19. The average Bonchev–Trinajstić information content (AvgIpc) is 2.91. The molecule has 3 aromatic carbocycles. The second-order valence-electron chi connectivity index (χ2n) is 9.01. The second kappa shape index (κ2) is 11.5. The third-order valence-electron chi connectivity index (χ3n) is 6.60. The van der Waals surface area contributed by atoms with Crippen molar-refractivity contribution >= 4 is 38.3 Å². The van der Waals surface area contributed by atoms with Gasteiger partial charge < -0.3 is 10.6 Å². The Hall–Kier alpha value is -3.49. The average molecular weight is 506 g/mol. The molecule has 0 aliphatic carbocycles. The highest BCUT2D eigenvalue weighted by molar-refractivity contribution is 7.89. The first-order valence-electron chi connectivity index (χ1n) is 12.1. The minimum Gasteiger partial charge on any atom is -0.352 e. The molecule has 4 rings (SSSR count). The van der Waals surface area contributed by atoms with Crippen molar-refractivity contribution < 1.29 is 18.0 Å². The molecule has 0 unspecified atom stereocenters. The summed E-state index contributed by atoms with van der Waals surface area (Å²) in [6, 6.07) is 20.5. The number of carbonyl (C=O) groups excluding carboxylic acids is 2. The van der Waals surface area contributed by atoms with E-state index in [1.807, 2.05) is 24.3 Å². The number of hydrogen-bond donors (Lipinski definition) is 2. The van der Waals surface area contributed by atoms with Crippen molar-refractivity contribution in [3.8, 4) is 0 Å². The van der Waals surface area contributed by atoms with Gasteiger partial charge in [-0.3, -0.25) is 9.59 Å². The summed E-state index contributed by atoms with van der Waals surface area (Å²) >= 11 is 0. The predicted octanol–water partition coefficient (Wildman–Crippen LogP) is 4.11. The summed E-state index contributed by atoms with van der Waals surface area (Å²) in [6.45, 7) is 4.77. The van der Waals surface area contributed by atoms with Crippen LogP contribution in [-0.4, -0.2) is 44.2 Å². The van der Waals surface area contributed by atoms with E-state index < -0.39 is 10.0 Å². The minimum atomic E-state index is -3.62. The fraction of sp³-hybridized carbons (Fsp3) is 0.286. The highest BCUT2D eigenvalue weighted by atomic mass is 32.2. The van der Waals surface area contributed by atoms with Crippen LogP contribution in [0.15, 0.2) is 84.3 Å². The lowest BCUT2D eigenvalue weighted by atomic mass is 9.98. The summed E-state index contributed by atoms with van der Waals surface area (Å²) in [5, 5.41) is 7.93. The largest absolute Gasteiger partial charge is 0.352 e. The van der Waals surface area contributed by atoms with Crippen LogP contribution in [-0.2, 0) is 26.0 Å². The molecule has 1 fully saturated rings. The van der Waals surface area contributed by atoms with Crippen LogP contribution in [0.3, 0.4) is 0 Å². The molecule has 1 heterocycles. The van der Waals surface area contributed by atoms with E-state index in [1.165, 1.54) is 22.5 Å². The van der Waals surface area contributed by atoms with Gasteiger partial charge in [0.05, 0.1) is 4.90 Å². The number of amides is 2. The Kier molecular flexibility index (Phi) is 8.18. The van der Waals surface area contributed by atoms with Crippen LogP contribution in [0, 0.1) is 5.92 Å². The Morgan fingerprint density at radius 3 is 2.39 bits per heavy atom. The van der Waals surface area contributed by atoms with Gasteiger partial charge in [-0.2, -0.15) is 4.31 Å². The van der Waals surface area contributed by atoms with Crippen LogP contribution in [0.2, 0.25) is 0 Å². The first kappa shape index (κ1) is 25.6. The van der Waals surface area contributed by atoms with Gasteiger partial charge in [0.1, 0.15) is 0 Å². The molecule has 0 aromatic heterocycles. The number of nitrogens with zero attached hydrogens (tertiary/aromatic N) is 1. The van der Waals surface area contributed by atoms with Crippen molar-refractivity contribution in [3.05, 3.63) is 84.9 Å². The molecule has 0 atom stereocenters. The molecule has 0 bridgehead atoms. The molecule has 1 aliphatic heterocycles. The summed E-state index contributed by atoms with van der Waals surface area (Å²) in [5.74, 6) is -0.0956. The maximum absolute atomic E-state index is 13.1. The van der Waals surface area contributed by atoms with Gasteiger partial charge in [-0.1, -0.05) is 49.0 Å². The van der Waals surface area contributed by atoms with Crippen molar-refractivity contribution in [1.82, 2.24) is 9.62 Å². The van der Waals surface area contributed by atoms with Gasteiger partial charge in [-0.15, -0.1) is 0 Å². The molecule has 3 aromatic rings. The zero-order valence-corrected chi connectivity index (χ0v) is 21.0. The van der Waals surface area contributed by atoms with Crippen molar-refractivity contribution in [2.45, 2.75) is 30.6 Å². The molecule has 7 nitrogen and oxygen atoms in total. The van der Waals surface area contributed by atoms with E-state index in [-0.39, 0.29) is 22.6 Å². The Balaban J connectivity index is 1.30. The number of piperidine rings is 1. The zero-order valence-electron chi connectivity index (χ0n) is 20.2. The molecule has 0 saturated carbocycles. The Labute approximate surface area is 212 Å². The molecule has 36 heavy (non-hydrogen) atoms. The normalized spacial score (nSPS) is 14.9. The molecule has 1 aliphatic rings. The van der Waals surface area contributed by atoms with Gasteiger partial charge in [0, 0.05) is 31.7 Å². The molecule has 188 valence electrons. The minimum absolute atomic E-state index is 0.121. The zero-order chi connectivity index (χ0) is 25.5. The highest BCUT2D eigenvalue weighted by Crippen LogP contribution is 2.25. The van der Waals surface area contributed by atoms with Gasteiger partial charge in [0.15, 0.2) is 0 Å². The van der Waals surface area contributed by atoms with E-state index in [1.54, 1.807) is 12.1 Å². The summed E-state index contributed by atoms with van der Waals surface area (Å²) in [4.78, 5) is 24.1. The Morgan fingerprint density at radius 1 is 0.972 bits per heavy atom. The van der Waals surface area contributed by atoms with Crippen LogP contribution in [0.25, 0.3) is 10.8 Å². The van der Waals surface area contributed by atoms with Crippen LogP contribution in [0.1, 0.15) is 24.8 Å². The van der Waals surface area contributed by atoms with Gasteiger partial charge in [-0.25, -0.2) is 8.42 Å². The van der Waals surface area contributed by atoms with Gasteiger partial charge >= 0.3 is 0 Å². The van der Waals surface area contributed by atoms with Gasteiger partial charge in [0.2, 0.25) is 21.8 Å². The monoisotopic (exact) mass is 505 g/mol. The fourth-order valence-electron chi connectivity index (χ4n) is 4.51. The van der Waals surface area contributed by atoms with E-state index in [9.17, 15) is 18.0 Å². The SMILES string of the molecule is C=CC(=O)NCC1CCN(S(=O)(=O)c2ccc(NC(=O)CCc3cccc4ccccc34)cc2)CC1. The van der Waals surface area contributed by atoms with E-state index in [2.05, 4.69) is 35.4 Å². The topological polar surface area (TPSA) is 95.6 Å². The van der Waals surface area contributed by atoms with E-state index in [0.717, 1.165) is 16.3 Å². The number of nitrogens with one attached hydrogen (secondary N) is 2. The lowest BCUT2D eigenvalue weighted by Gasteiger charge is -2.31. The summed E-state index contributed by atoms with van der Waals surface area (Å²) in [5.41, 5.74) is 1.69.